The first-order valence-corrected chi connectivity index (χ1v) is 8.71. The van der Waals surface area contributed by atoms with Gasteiger partial charge in [-0.2, -0.15) is 5.48 Å². The van der Waals surface area contributed by atoms with E-state index in [1.807, 2.05) is 18.2 Å². The summed E-state index contributed by atoms with van der Waals surface area (Å²) in [5.41, 5.74) is 9.96. The fraction of sp³-hybridized carbons (Fsp3) is 0.412. The third-order valence-corrected chi connectivity index (χ3v) is 4.05. The molecule has 4 N–H and O–H groups in total. The Bertz CT molecular complexity index is 602. The van der Waals surface area contributed by atoms with Crippen LogP contribution in [0.15, 0.2) is 30.3 Å². The molecule has 1 aromatic carbocycles. The Morgan fingerprint density at radius 1 is 1.33 bits per heavy atom. The number of rotatable bonds is 8. The van der Waals surface area contributed by atoms with Crippen molar-refractivity contribution in [1.29, 1.82) is 0 Å². The predicted molar refractivity (Wildman–Crippen MR) is 97.0 cm³/mol. The van der Waals surface area contributed by atoms with E-state index in [0.717, 1.165) is 30.9 Å². The van der Waals surface area contributed by atoms with Gasteiger partial charge in [0.1, 0.15) is 4.88 Å². The van der Waals surface area contributed by atoms with E-state index < -0.39 is 5.97 Å². The van der Waals surface area contributed by atoms with E-state index in [2.05, 4.69) is 29.5 Å². The number of unbranched alkanes of at least 4 members (excludes halogenated alkanes) is 2. The first kappa shape index (κ1) is 20.1. The summed E-state index contributed by atoms with van der Waals surface area (Å²) in [5, 5.41) is 8.79. The molecule has 1 aromatic heterocycles. The van der Waals surface area contributed by atoms with Crippen molar-refractivity contribution >= 4 is 22.4 Å². The number of anilines is 1. The fourth-order valence-electron chi connectivity index (χ4n) is 1.84. The van der Waals surface area contributed by atoms with Crippen LogP contribution in [-0.2, 0) is 11.4 Å². The van der Waals surface area contributed by atoms with E-state index in [0.29, 0.717) is 10.8 Å². The number of carboxylic acids is 1. The van der Waals surface area contributed by atoms with Gasteiger partial charge in [-0.1, -0.05) is 61.4 Å². The standard InChI is InChI=1S/C12H19NO.C5H6N2O2S/c1-2-3-7-10-14-13-11-12-8-5-4-6-9-12;1-2-3(4(8)9)10-5(6)7-2/h4-6,8-9,13H,2-3,7,10-11H2,1H3;1H3,(H2,6,7)(H,8,9). The molecule has 0 saturated heterocycles. The molecule has 2 aromatic rings. The van der Waals surface area contributed by atoms with Gasteiger partial charge in [-0.25, -0.2) is 9.78 Å². The number of nitrogens with one attached hydrogen (secondary N) is 1. The van der Waals surface area contributed by atoms with Gasteiger partial charge in [0.15, 0.2) is 5.13 Å². The number of carbonyl (C=O) groups is 1. The smallest absolute Gasteiger partial charge is 0.347 e. The van der Waals surface area contributed by atoms with Crippen LogP contribution in [0.25, 0.3) is 0 Å². The number of benzene rings is 1. The van der Waals surface area contributed by atoms with Gasteiger partial charge < -0.3 is 15.7 Å². The van der Waals surface area contributed by atoms with Gasteiger partial charge in [-0.3, -0.25) is 0 Å². The highest BCUT2D eigenvalue weighted by atomic mass is 32.1. The highest BCUT2D eigenvalue weighted by molar-refractivity contribution is 7.17. The van der Waals surface area contributed by atoms with Gasteiger partial charge in [0.25, 0.3) is 0 Å². The second kappa shape index (κ2) is 11.6. The molecule has 24 heavy (non-hydrogen) atoms. The second-order valence-corrected chi connectivity index (χ2v) is 6.16. The average Bonchev–Trinajstić information content (AvgIpc) is 2.91. The molecular weight excluding hydrogens is 326 g/mol. The minimum atomic E-state index is -0.966. The number of nitrogens with two attached hydrogens (primary N) is 1. The number of hydrogen-bond donors (Lipinski definition) is 3. The molecule has 0 radical (unpaired) electrons. The highest BCUT2D eigenvalue weighted by Crippen LogP contribution is 2.18. The molecule has 6 nitrogen and oxygen atoms in total. The lowest BCUT2D eigenvalue weighted by Crippen LogP contribution is -2.14. The van der Waals surface area contributed by atoms with Gasteiger partial charge in [-0.05, 0) is 18.9 Å². The van der Waals surface area contributed by atoms with Crippen molar-refractivity contribution in [2.45, 2.75) is 39.7 Å². The van der Waals surface area contributed by atoms with Crippen molar-refractivity contribution in [1.82, 2.24) is 10.5 Å². The van der Waals surface area contributed by atoms with Crippen molar-refractivity contribution in [3.05, 3.63) is 46.5 Å². The van der Waals surface area contributed by atoms with Crippen LogP contribution in [0.2, 0.25) is 0 Å². The molecule has 132 valence electrons. The van der Waals surface area contributed by atoms with Gasteiger partial charge in [0, 0.05) is 6.54 Å². The van der Waals surface area contributed by atoms with Crippen LogP contribution < -0.4 is 11.2 Å². The third-order valence-electron chi connectivity index (χ3n) is 3.08. The maximum Gasteiger partial charge on any atom is 0.347 e. The molecule has 7 heteroatoms. The zero-order chi connectivity index (χ0) is 17.8. The summed E-state index contributed by atoms with van der Waals surface area (Å²) >= 11 is 0.990. The van der Waals surface area contributed by atoms with Crippen LogP contribution in [0.5, 0.6) is 0 Å². The zero-order valence-electron chi connectivity index (χ0n) is 14.1. The summed E-state index contributed by atoms with van der Waals surface area (Å²) in [6, 6.07) is 10.3. The van der Waals surface area contributed by atoms with Gasteiger partial charge in [-0.15, -0.1) is 0 Å². The van der Waals surface area contributed by atoms with E-state index >= 15 is 0 Å². The summed E-state index contributed by atoms with van der Waals surface area (Å²) in [5.74, 6) is -0.966. The molecule has 0 aliphatic carbocycles. The maximum atomic E-state index is 10.3. The summed E-state index contributed by atoms with van der Waals surface area (Å²) in [6.07, 6.45) is 3.62. The molecule has 0 spiro atoms. The monoisotopic (exact) mass is 351 g/mol. The van der Waals surface area contributed by atoms with E-state index in [-0.39, 0.29) is 4.88 Å². The summed E-state index contributed by atoms with van der Waals surface area (Å²) in [6.45, 7) is 5.40. The predicted octanol–water partition coefficient (Wildman–Crippen LogP) is 3.63. The highest BCUT2D eigenvalue weighted by Gasteiger charge is 2.11. The average molecular weight is 351 g/mol. The molecule has 0 bridgehead atoms. The third kappa shape index (κ3) is 8.05. The number of nitrogens with zero attached hydrogens (tertiary/aromatic N) is 1. The zero-order valence-corrected chi connectivity index (χ0v) is 14.9. The van der Waals surface area contributed by atoms with E-state index in [1.165, 1.54) is 18.4 Å². The molecule has 0 unspecified atom stereocenters. The Hall–Kier alpha value is -1.96. The Kier molecular flexibility index (Phi) is 9.67. The number of nitrogen functional groups attached to an aromatic ring is 1. The Morgan fingerprint density at radius 2 is 2.04 bits per heavy atom. The first-order chi connectivity index (χ1) is 11.5. The number of aromatic nitrogens is 1. The molecule has 0 saturated carbocycles. The lowest BCUT2D eigenvalue weighted by Gasteiger charge is -2.05. The minimum absolute atomic E-state index is 0.220. The van der Waals surface area contributed by atoms with Crippen molar-refractivity contribution < 1.29 is 14.7 Å². The fourth-order valence-corrected chi connectivity index (χ4v) is 2.51. The van der Waals surface area contributed by atoms with Crippen molar-refractivity contribution in [2.24, 2.45) is 0 Å². The molecule has 0 fully saturated rings. The molecule has 1 heterocycles. The molecule has 0 aliphatic heterocycles. The summed E-state index contributed by atoms with van der Waals surface area (Å²) in [7, 11) is 0. The van der Waals surface area contributed by atoms with Crippen LogP contribution in [-0.4, -0.2) is 22.7 Å². The molecule has 0 atom stereocenters. The molecule has 0 amide bonds. The van der Waals surface area contributed by atoms with E-state index in [1.54, 1.807) is 6.92 Å². The lowest BCUT2D eigenvalue weighted by atomic mass is 10.2. The van der Waals surface area contributed by atoms with Crippen molar-refractivity contribution in [2.75, 3.05) is 12.3 Å². The maximum absolute atomic E-state index is 10.3. The largest absolute Gasteiger partial charge is 0.477 e. The Labute approximate surface area is 146 Å². The van der Waals surface area contributed by atoms with Gasteiger partial charge in [0.05, 0.1) is 12.3 Å². The lowest BCUT2D eigenvalue weighted by molar-refractivity contribution is 0.0342. The summed E-state index contributed by atoms with van der Waals surface area (Å²) in [4.78, 5) is 19.6. The van der Waals surface area contributed by atoms with Crippen molar-refractivity contribution in [3.8, 4) is 0 Å². The van der Waals surface area contributed by atoms with Gasteiger partial charge in [0.2, 0.25) is 0 Å². The molecule has 0 aliphatic rings. The Balaban J connectivity index is 0.000000254. The topological polar surface area (TPSA) is 97.5 Å². The van der Waals surface area contributed by atoms with Gasteiger partial charge >= 0.3 is 5.97 Å². The quantitative estimate of drug-likeness (QED) is 0.496. The number of aryl methyl sites for hydroxylation is 1. The number of thiazole rings is 1. The normalized spacial score (nSPS) is 10.1. The van der Waals surface area contributed by atoms with E-state index in [9.17, 15) is 4.79 Å². The second-order valence-electron chi connectivity index (χ2n) is 5.13. The Morgan fingerprint density at radius 3 is 2.54 bits per heavy atom. The van der Waals surface area contributed by atoms with E-state index in [4.69, 9.17) is 15.7 Å². The summed E-state index contributed by atoms with van der Waals surface area (Å²) < 4.78 is 0. The van der Waals surface area contributed by atoms with Crippen molar-refractivity contribution in [3.63, 3.8) is 0 Å². The van der Waals surface area contributed by atoms with Crippen LogP contribution in [0.4, 0.5) is 5.13 Å². The van der Waals surface area contributed by atoms with Crippen LogP contribution in [0.3, 0.4) is 0 Å². The number of carboxylic acid groups (broad SMARTS) is 1. The number of aromatic carboxylic acids is 1. The first-order valence-electron chi connectivity index (χ1n) is 7.89. The molecular formula is C17H25N3O3S. The van der Waals surface area contributed by atoms with Crippen LogP contribution in [0, 0.1) is 6.92 Å². The minimum Gasteiger partial charge on any atom is -0.477 e. The number of hydrogen-bond acceptors (Lipinski definition) is 6. The number of hydroxylamine groups is 1. The van der Waals surface area contributed by atoms with Crippen LogP contribution in [0.1, 0.15) is 47.1 Å². The SMILES string of the molecule is CCCCCONCc1ccccc1.Cc1nc(N)sc1C(=O)O. The van der Waals surface area contributed by atoms with Crippen LogP contribution >= 0.6 is 11.3 Å². The molecule has 2 rings (SSSR count).